The zero-order valence-electron chi connectivity index (χ0n) is 15.9. The molecular formula is C22H29N3S. The summed E-state index contributed by atoms with van der Waals surface area (Å²) in [5.74, 6) is 0. The van der Waals surface area contributed by atoms with Crippen LogP contribution in [0, 0.1) is 0 Å². The van der Waals surface area contributed by atoms with Gasteiger partial charge in [0, 0.05) is 47.8 Å². The molecule has 2 heterocycles. The monoisotopic (exact) mass is 367 g/mol. The summed E-state index contributed by atoms with van der Waals surface area (Å²) >= 11 is 1.88. The molecule has 4 heteroatoms. The molecule has 2 aromatic carbocycles. The second-order valence-corrected chi connectivity index (χ2v) is 8.49. The highest BCUT2D eigenvalue weighted by Crippen LogP contribution is 2.46. The van der Waals surface area contributed by atoms with Gasteiger partial charge in [0.2, 0.25) is 0 Å². The highest BCUT2D eigenvalue weighted by molar-refractivity contribution is 7.99. The first kappa shape index (κ1) is 17.6. The van der Waals surface area contributed by atoms with Gasteiger partial charge in [0.1, 0.15) is 0 Å². The number of hydrogen-bond donors (Lipinski definition) is 1. The third-order valence-electron chi connectivity index (χ3n) is 5.42. The van der Waals surface area contributed by atoms with Crippen molar-refractivity contribution in [3.63, 3.8) is 0 Å². The molecule has 0 aliphatic carbocycles. The summed E-state index contributed by atoms with van der Waals surface area (Å²) in [6.07, 6.45) is 6.31. The fourth-order valence-electron chi connectivity index (χ4n) is 3.78. The number of nitrogens with one attached hydrogen (secondary N) is 1. The van der Waals surface area contributed by atoms with E-state index in [4.69, 9.17) is 0 Å². The van der Waals surface area contributed by atoms with Gasteiger partial charge in [-0.2, -0.15) is 0 Å². The summed E-state index contributed by atoms with van der Waals surface area (Å²) in [6.45, 7) is 5.71. The second kappa shape index (κ2) is 7.83. The van der Waals surface area contributed by atoms with Crippen LogP contribution >= 0.6 is 11.8 Å². The molecule has 2 aliphatic heterocycles. The minimum atomic E-state index is 1.12. The summed E-state index contributed by atoms with van der Waals surface area (Å²) in [7, 11) is 2.21. The van der Waals surface area contributed by atoms with E-state index in [1.165, 1.54) is 64.6 Å². The molecule has 4 rings (SSSR count). The van der Waals surface area contributed by atoms with Gasteiger partial charge in [-0.25, -0.2) is 0 Å². The first-order valence-corrected chi connectivity index (χ1v) is 10.8. The average Bonchev–Trinajstić information content (AvgIpc) is 2.66. The van der Waals surface area contributed by atoms with Gasteiger partial charge < -0.3 is 15.1 Å². The number of hydrogen-bond acceptors (Lipinski definition) is 4. The second-order valence-electron chi connectivity index (χ2n) is 7.41. The highest BCUT2D eigenvalue weighted by atomic mass is 32.2. The molecule has 0 unspecified atom stereocenters. The quantitative estimate of drug-likeness (QED) is 0.600. The van der Waals surface area contributed by atoms with Crippen molar-refractivity contribution in [1.29, 1.82) is 0 Å². The van der Waals surface area contributed by atoms with Crippen LogP contribution in [0.2, 0.25) is 0 Å². The van der Waals surface area contributed by atoms with E-state index in [1.54, 1.807) is 0 Å². The Morgan fingerprint density at radius 2 is 1.62 bits per heavy atom. The van der Waals surface area contributed by atoms with Crippen LogP contribution in [0.4, 0.5) is 22.7 Å². The Bertz CT molecular complexity index is 774. The Morgan fingerprint density at radius 1 is 0.923 bits per heavy atom. The Morgan fingerprint density at radius 3 is 2.38 bits per heavy atom. The minimum absolute atomic E-state index is 1.12. The lowest BCUT2D eigenvalue weighted by molar-refractivity contribution is 0.633. The topological polar surface area (TPSA) is 18.5 Å². The molecule has 0 atom stereocenters. The lowest BCUT2D eigenvalue weighted by atomic mass is 10.1. The van der Waals surface area contributed by atoms with E-state index in [9.17, 15) is 0 Å². The summed E-state index contributed by atoms with van der Waals surface area (Å²) in [5.41, 5.74) is 5.15. The van der Waals surface area contributed by atoms with E-state index in [0.29, 0.717) is 0 Å². The van der Waals surface area contributed by atoms with Gasteiger partial charge in [-0.1, -0.05) is 25.1 Å². The third kappa shape index (κ3) is 3.66. The van der Waals surface area contributed by atoms with Crippen LogP contribution in [0.1, 0.15) is 39.0 Å². The number of nitrogens with zero attached hydrogens (tertiary/aromatic N) is 2. The van der Waals surface area contributed by atoms with Crippen LogP contribution in [0.25, 0.3) is 0 Å². The summed E-state index contributed by atoms with van der Waals surface area (Å²) in [4.78, 5) is 7.61. The maximum Gasteiger partial charge on any atom is 0.0547 e. The van der Waals surface area contributed by atoms with Crippen LogP contribution in [0.15, 0.2) is 46.2 Å². The number of fused-ring (bicyclic) bond motifs is 2. The molecular weight excluding hydrogens is 338 g/mol. The molecule has 0 radical (unpaired) electrons. The molecule has 0 aromatic heterocycles. The van der Waals surface area contributed by atoms with Gasteiger partial charge in [-0.05, 0) is 62.1 Å². The first-order chi connectivity index (χ1) is 12.7. The standard InChI is InChI=1S/C22H29N3S/c1-3-4-13-25-14-7-5-6-12-24(2)17-8-10-21-19(15-17)23-20-16-18(25)9-11-22(20)26-21/h8-11,15-16,23H,3-7,12-14H2,1-2H3. The molecule has 1 N–H and O–H groups in total. The Hall–Kier alpha value is -1.81. The van der Waals surface area contributed by atoms with Crippen molar-refractivity contribution in [3.05, 3.63) is 36.4 Å². The van der Waals surface area contributed by atoms with Crippen LogP contribution in [0.5, 0.6) is 0 Å². The van der Waals surface area contributed by atoms with Crippen LogP contribution in [0.3, 0.4) is 0 Å². The van der Waals surface area contributed by atoms with E-state index < -0.39 is 0 Å². The van der Waals surface area contributed by atoms with Gasteiger partial charge >= 0.3 is 0 Å². The van der Waals surface area contributed by atoms with Crippen molar-refractivity contribution in [3.8, 4) is 0 Å². The summed E-state index contributed by atoms with van der Waals surface area (Å²) in [6, 6.07) is 13.8. The molecule has 0 amide bonds. The lowest BCUT2D eigenvalue weighted by Crippen LogP contribution is -2.26. The van der Waals surface area contributed by atoms with Crippen molar-refractivity contribution < 1.29 is 0 Å². The fourth-order valence-corrected chi connectivity index (χ4v) is 4.73. The number of rotatable bonds is 3. The van der Waals surface area contributed by atoms with Crippen LogP contribution < -0.4 is 15.1 Å². The minimum Gasteiger partial charge on any atom is -0.375 e. The van der Waals surface area contributed by atoms with Crippen molar-refractivity contribution >= 4 is 34.5 Å². The van der Waals surface area contributed by atoms with E-state index in [1.807, 2.05) is 11.8 Å². The van der Waals surface area contributed by atoms with Gasteiger partial charge in [-0.3, -0.25) is 0 Å². The zero-order chi connectivity index (χ0) is 17.9. The molecule has 2 aromatic rings. The van der Waals surface area contributed by atoms with Gasteiger partial charge in [0.05, 0.1) is 11.4 Å². The molecule has 0 fully saturated rings. The Balaban J connectivity index is 1.70. The number of unbranched alkanes of at least 4 members (excludes halogenated alkanes) is 1. The smallest absolute Gasteiger partial charge is 0.0547 e. The summed E-state index contributed by atoms with van der Waals surface area (Å²) in [5, 5.41) is 3.70. The SMILES string of the molecule is CCCCN1CCCCCN(C)c2ccc3c(c2)Nc2cc1ccc2S3. The van der Waals surface area contributed by atoms with Crippen molar-refractivity contribution in [2.45, 2.75) is 48.8 Å². The number of anilines is 4. The molecule has 0 saturated heterocycles. The van der Waals surface area contributed by atoms with Crippen molar-refractivity contribution in [1.82, 2.24) is 0 Å². The summed E-state index contributed by atoms with van der Waals surface area (Å²) < 4.78 is 0. The largest absolute Gasteiger partial charge is 0.375 e. The molecule has 26 heavy (non-hydrogen) atoms. The van der Waals surface area contributed by atoms with Gasteiger partial charge in [0.25, 0.3) is 0 Å². The molecule has 2 aliphatic rings. The van der Waals surface area contributed by atoms with Gasteiger partial charge in [-0.15, -0.1) is 0 Å². The Labute approximate surface area is 161 Å². The van der Waals surface area contributed by atoms with Crippen molar-refractivity contribution in [2.75, 3.05) is 41.8 Å². The fraction of sp³-hybridized carbons (Fsp3) is 0.455. The lowest BCUT2D eigenvalue weighted by Gasteiger charge is -2.29. The van der Waals surface area contributed by atoms with Crippen LogP contribution in [-0.2, 0) is 0 Å². The zero-order valence-corrected chi connectivity index (χ0v) is 16.7. The maximum atomic E-state index is 3.70. The predicted octanol–water partition coefficient (Wildman–Crippen LogP) is 6.12. The van der Waals surface area contributed by atoms with E-state index in [-0.39, 0.29) is 0 Å². The first-order valence-electron chi connectivity index (χ1n) is 9.93. The maximum absolute atomic E-state index is 3.70. The van der Waals surface area contributed by atoms with Gasteiger partial charge in [0.15, 0.2) is 0 Å². The molecule has 0 spiro atoms. The van der Waals surface area contributed by atoms with Crippen molar-refractivity contribution in [2.24, 2.45) is 0 Å². The van der Waals surface area contributed by atoms with E-state index in [2.05, 4.69) is 65.5 Å². The third-order valence-corrected chi connectivity index (χ3v) is 6.58. The average molecular weight is 368 g/mol. The molecule has 138 valence electrons. The predicted molar refractivity (Wildman–Crippen MR) is 115 cm³/mol. The van der Waals surface area contributed by atoms with E-state index in [0.717, 1.165) is 19.6 Å². The normalized spacial score (nSPS) is 16.5. The molecule has 3 nitrogen and oxygen atoms in total. The highest BCUT2D eigenvalue weighted by Gasteiger charge is 2.19. The molecule has 0 saturated carbocycles. The van der Waals surface area contributed by atoms with Crippen LogP contribution in [-0.4, -0.2) is 26.7 Å². The molecule has 4 bridgehead atoms. The van der Waals surface area contributed by atoms with E-state index >= 15 is 0 Å². The number of benzene rings is 2. The Kier molecular flexibility index (Phi) is 5.30.